The van der Waals surface area contributed by atoms with Crippen molar-refractivity contribution in [1.82, 2.24) is 4.98 Å². The van der Waals surface area contributed by atoms with E-state index >= 15 is 0 Å². The van der Waals surface area contributed by atoms with Crippen molar-refractivity contribution in [3.8, 4) is 0 Å². The van der Waals surface area contributed by atoms with Crippen LogP contribution in [0, 0.1) is 0 Å². The van der Waals surface area contributed by atoms with Crippen LogP contribution in [0.2, 0.25) is 0 Å². The summed E-state index contributed by atoms with van der Waals surface area (Å²) < 4.78 is 6.54. The second-order valence-electron chi connectivity index (χ2n) is 0.976. The van der Waals surface area contributed by atoms with E-state index in [0.29, 0.717) is 0 Å². The van der Waals surface area contributed by atoms with Gasteiger partial charge in [-0.25, -0.2) is 4.98 Å². The molecule has 2 nitrogen and oxygen atoms in total. The van der Waals surface area contributed by atoms with E-state index in [1.54, 1.807) is 5.38 Å². The van der Waals surface area contributed by atoms with Crippen LogP contribution in [0.5, 0.6) is 0 Å². The maximum atomic E-state index is 10.1. The van der Waals surface area contributed by atoms with Crippen LogP contribution >= 0.6 is 11.3 Å². The van der Waals surface area contributed by atoms with Crippen LogP contribution in [-0.4, -0.2) is 11.2 Å². The Hall–Kier alpha value is -0.700. The zero-order chi connectivity index (χ0) is 5.98. The molecule has 1 aromatic rings. The van der Waals surface area contributed by atoms with Crippen LogP contribution in [0.3, 0.4) is 0 Å². The molecule has 0 amide bonds. The molecule has 7 heavy (non-hydrogen) atoms. The number of rotatable bonds is 1. The van der Waals surface area contributed by atoms with Crippen LogP contribution in [0.4, 0.5) is 0 Å². The quantitative estimate of drug-likeness (QED) is 0.509. The lowest BCUT2D eigenvalue weighted by Gasteiger charge is -1.65. The van der Waals surface area contributed by atoms with E-state index in [4.69, 9.17) is 1.37 Å². The second-order valence-corrected chi connectivity index (χ2v) is 1.69. The van der Waals surface area contributed by atoms with E-state index in [1.807, 2.05) is 0 Å². The lowest BCUT2D eigenvalue weighted by molar-refractivity contribution is 0.111. The van der Waals surface area contributed by atoms with Gasteiger partial charge in [0.15, 0.2) is 6.26 Å². The standard InChI is InChI=1S/C4H3NOS/c6-1-4-2-7-3-5-4/h1-3H/i1D. The molecule has 0 aliphatic rings. The average Bonchev–Trinajstić information content (AvgIpc) is 2.12. The highest BCUT2D eigenvalue weighted by molar-refractivity contribution is 7.07. The summed E-state index contributed by atoms with van der Waals surface area (Å²) >= 11 is 1.32. The van der Waals surface area contributed by atoms with Gasteiger partial charge in [0.2, 0.25) is 0 Å². The molecule has 0 fully saturated rings. The first kappa shape index (κ1) is 3.32. The molecule has 0 spiro atoms. The predicted octanol–water partition coefficient (Wildman–Crippen LogP) is 0.956. The third kappa shape index (κ3) is 0.838. The largest absolute Gasteiger partial charge is 0.296 e. The van der Waals surface area contributed by atoms with E-state index in [2.05, 4.69) is 4.98 Å². The summed E-state index contributed by atoms with van der Waals surface area (Å²) in [4.78, 5) is 13.7. The molecule has 36 valence electrons. The molecular weight excluding hydrogens is 110 g/mol. The van der Waals surface area contributed by atoms with Gasteiger partial charge in [-0.3, -0.25) is 4.79 Å². The molecule has 0 N–H and O–H groups in total. The highest BCUT2D eigenvalue weighted by Gasteiger charge is 1.84. The van der Waals surface area contributed by atoms with E-state index in [1.165, 1.54) is 16.8 Å². The van der Waals surface area contributed by atoms with Crippen molar-refractivity contribution >= 4 is 17.6 Å². The Kier molecular flexibility index (Phi) is 0.872. The van der Waals surface area contributed by atoms with Gasteiger partial charge in [-0.05, 0) is 0 Å². The van der Waals surface area contributed by atoms with Crippen LogP contribution in [0.25, 0.3) is 0 Å². The highest BCUT2D eigenvalue weighted by atomic mass is 32.1. The van der Waals surface area contributed by atoms with E-state index < -0.39 is 6.26 Å². The van der Waals surface area contributed by atoms with Crippen LogP contribution in [0.1, 0.15) is 11.9 Å². The van der Waals surface area contributed by atoms with Crippen molar-refractivity contribution in [2.75, 3.05) is 0 Å². The summed E-state index contributed by atoms with van der Waals surface area (Å²) in [5, 5.41) is 1.55. The molecule has 0 unspecified atom stereocenters. The summed E-state index contributed by atoms with van der Waals surface area (Å²) in [5.41, 5.74) is 1.76. The van der Waals surface area contributed by atoms with Gasteiger partial charge < -0.3 is 0 Å². The van der Waals surface area contributed by atoms with Crippen molar-refractivity contribution in [2.45, 2.75) is 0 Å². The zero-order valence-electron chi connectivity index (χ0n) is 4.42. The van der Waals surface area contributed by atoms with Gasteiger partial charge in [0, 0.05) is 5.38 Å². The first-order valence-corrected chi connectivity index (χ1v) is 2.64. The molecule has 0 bridgehead atoms. The highest BCUT2D eigenvalue weighted by Crippen LogP contribution is 1.95. The Morgan fingerprint density at radius 2 is 3.00 bits per heavy atom. The van der Waals surface area contributed by atoms with Gasteiger partial charge in [-0.1, -0.05) is 0 Å². The molecule has 0 saturated heterocycles. The number of hydrogen-bond donors (Lipinski definition) is 0. The Bertz CT molecular complexity index is 184. The summed E-state index contributed by atoms with van der Waals surface area (Å²) in [5.74, 6) is 0. The van der Waals surface area contributed by atoms with Crippen LogP contribution in [-0.2, 0) is 0 Å². The number of hydrogen-bond acceptors (Lipinski definition) is 3. The predicted molar refractivity (Wildman–Crippen MR) is 27.5 cm³/mol. The monoisotopic (exact) mass is 114 g/mol. The first-order valence-electron chi connectivity index (χ1n) is 2.20. The van der Waals surface area contributed by atoms with Crippen LogP contribution < -0.4 is 0 Å². The van der Waals surface area contributed by atoms with Gasteiger partial charge in [0.1, 0.15) is 7.06 Å². The number of aldehydes is 1. The normalized spacial score (nSPS) is 10.6. The molecule has 1 aromatic heterocycles. The average molecular weight is 114 g/mol. The van der Waals surface area contributed by atoms with E-state index in [-0.39, 0.29) is 5.69 Å². The van der Waals surface area contributed by atoms with Crippen LogP contribution in [0.15, 0.2) is 10.9 Å². The molecule has 0 saturated carbocycles. The topological polar surface area (TPSA) is 30.0 Å². The summed E-state index contributed by atoms with van der Waals surface area (Å²) in [6, 6.07) is 0. The molecule has 1 rings (SSSR count). The lowest BCUT2D eigenvalue weighted by atomic mass is 10.6. The lowest BCUT2D eigenvalue weighted by Crippen LogP contribution is -1.72. The Morgan fingerprint density at radius 3 is 3.29 bits per heavy atom. The maximum absolute atomic E-state index is 10.1. The fourth-order valence-electron chi connectivity index (χ4n) is 0.263. The number of carbonyl (C=O) groups is 1. The first-order chi connectivity index (χ1) is 3.80. The second kappa shape index (κ2) is 1.84. The number of thiazole rings is 1. The molecule has 3 heteroatoms. The Morgan fingerprint density at radius 1 is 2.14 bits per heavy atom. The third-order valence-electron chi connectivity index (χ3n) is 0.537. The van der Waals surface area contributed by atoms with Crippen molar-refractivity contribution in [3.05, 3.63) is 16.6 Å². The number of aromatic nitrogens is 1. The fourth-order valence-corrected chi connectivity index (χ4v) is 0.736. The van der Waals surface area contributed by atoms with E-state index in [9.17, 15) is 4.79 Å². The molecule has 0 aromatic carbocycles. The molecule has 0 aliphatic carbocycles. The van der Waals surface area contributed by atoms with Crippen molar-refractivity contribution in [1.29, 1.82) is 0 Å². The van der Waals surface area contributed by atoms with E-state index in [0.717, 1.165) is 0 Å². The van der Waals surface area contributed by atoms with Gasteiger partial charge >= 0.3 is 0 Å². The molecule has 0 atom stereocenters. The minimum Gasteiger partial charge on any atom is -0.296 e. The molecular formula is C4H3NOS. The Labute approximate surface area is 46.2 Å². The zero-order valence-corrected chi connectivity index (χ0v) is 4.23. The SMILES string of the molecule is [2H]C(=O)c1cscn1. The van der Waals surface area contributed by atoms with Gasteiger partial charge in [0.25, 0.3) is 0 Å². The van der Waals surface area contributed by atoms with Crippen molar-refractivity contribution in [3.63, 3.8) is 0 Å². The van der Waals surface area contributed by atoms with Gasteiger partial charge in [0.05, 0.1) is 5.51 Å². The van der Waals surface area contributed by atoms with Crippen molar-refractivity contribution in [2.24, 2.45) is 0 Å². The van der Waals surface area contributed by atoms with Gasteiger partial charge in [-0.2, -0.15) is 0 Å². The summed E-state index contributed by atoms with van der Waals surface area (Å²) in [6.45, 7) is 0. The number of nitrogens with zero attached hydrogens (tertiary/aromatic N) is 1. The fraction of sp³-hybridized carbons (Fsp3) is 0. The number of carbonyl (C=O) groups excluding carboxylic acids is 1. The van der Waals surface area contributed by atoms with Gasteiger partial charge in [-0.15, -0.1) is 11.3 Å². The smallest absolute Gasteiger partial charge is 0.169 e. The summed E-state index contributed by atoms with van der Waals surface area (Å²) in [6.07, 6.45) is -0.716. The minimum absolute atomic E-state index is 0.231. The molecule has 0 radical (unpaired) electrons. The molecule has 1 heterocycles. The summed E-state index contributed by atoms with van der Waals surface area (Å²) in [7, 11) is 0. The minimum atomic E-state index is -0.716. The Balaban J connectivity index is 2.93. The molecule has 0 aliphatic heterocycles. The third-order valence-corrected chi connectivity index (χ3v) is 1.12. The maximum Gasteiger partial charge on any atom is 0.169 e. The van der Waals surface area contributed by atoms with Crippen molar-refractivity contribution < 1.29 is 6.17 Å².